The summed E-state index contributed by atoms with van der Waals surface area (Å²) in [4.78, 5) is 4.51. The van der Waals surface area contributed by atoms with Crippen molar-refractivity contribution in [3.05, 3.63) is 22.8 Å². The minimum atomic E-state index is 0.610. The van der Waals surface area contributed by atoms with Crippen LogP contribution in [0.3, 0.4) is 0 Å². The molecule has 1 aliphatic rings. The fraction of sp³-hybridized carbons (Fsp3) is 0.667. The number of rotatable bonds is 4. The van der Waals surface area contributed by atoms with Crippen LogP contribution in [0.15, 0.2) is 27.8 Å². The Morgan fingerprint density at radius 3 is 2.79 bits per heavy atom. The van der Waals surface area contributed by atoms with Gasteiger partial charge in [-0.05, 0) is 59.3 Å². The van der Waals surface area contributed by atoms with Crippen LogP contribution in [0.2, 0.25) is 0 Å². The number of halogens is 1. The van der Waals surface area contributed by atoms with E-state index in [0.29, 0.717) is 11.3 Å². The van der Waals surface area contributed by atoms with Crippen LogP contribution in [0.5, 0.6) is 0 Å². The first-order valence-electron chi connectivity index (χ1n) is 7.11. The van der Waals surface area contributed by atoms with E-state index in [4.69, 9.17) is 0 Å². The van der Waals surface area contributed by atoms with Crippen molar-refractivity contribution in [2.45, 2.75) is 49.9 Å². The molecule has 0 bridgehead atoms. The van der Waals surface area contributed by atoms with Crippen LogP contribution >= 0.6 is 27.7 Å². The Bertz CT molecular complexity index is 396. The van der Waals surface area contributed by atoms with Gasteiger partial charge in [0.05, 0.1) is 5.03 Å². The van der Waals surface area contributed by atoms with Gasteiger partial charge in [0, 0.05) is 22.0 Å². The molecule has 4 atom stereocenters. The van der Waals surface area contributed by atoms with Gasteiger partial charge in [-0.3, -0.25) is 0 Å². The number of pyridine rings is 1. The zero-order valence-corrected chi connectivity index (χ0v) is 14.3. The third-order valence-corrected chi connectivity index (χ3v) is 5.83. The van der Waals surface area contributed by atoms with Gasteiger partial charge >= 0.3 is 0 Å². The second-order valence-electron chi connectivity index (χ2n) is 5.62. The van der Waals surface area contributed by atoms with Crippen LogP contribution in [0.25, 0.3) is 0 Å². The van der Waals surface area contributed by atoms with E-state index in [1.807, 2.05) is 18.0 Å². The molecule has 0 amide bonds. The molecule has 1 N–H and O–H groups in total. The Balaban J connectivity index is 2.08. The van der Waals surface area contributed by atoms with E-state index >= 15 is 0 Å². The molecule has 0 radical (unpaired) electrons. The van der Waals surface area contributed by atoms with Gasteiger partial charge in [0.1, 0.15) is 0 Å². The molecule has 1 aromatic rings. The minimum Gasteiger partial charge on any atom is -0.313 e. The lowest BCUT2D eigenvalue weighted by Crippen LogP contribution is -2.46. The zero-order valence-electron chi connectivity index (χ0n) is 11.9. The predicted molar refractivity (Wildman–Crippen MR) is 86.6 cm³/mol. The van der Waals surface area contributed by atoms with Gasteiger partial charge in [-0.15, -0.1) is 11.8 Å². The van der Waals surface area contributed by atoms with Gasteiger partial charge in [-0.25, -0.2) is 4.98 Å². The lowest BCUT2D eigenvalue weighted by Gasteiger charge is -2.39. The van der Waals surface area contributed by atoms with Crippen LogP contribution in [0, 0.1) is 11.8 Å². The van der Waals surface area contributed by atoms with E-state index < -0.39 is 0 Å². The van der Waals surface area contributed by atoms with Crippen molar-refractivity contribution >= 4 is 27.7 Å². The maximum Gasteiger partial charge on any atom is 0.0964 e. The number of hydrogen-bond acceptors (Lipinski definition) is 3. The molecule has 1 heterocycles. The minimum absolute atomic E-state index is 0.610. The second kappa shape index (κ2) is 7.09. The summed E-state index contributed by atoms with van der Waals surface area (Å²) < 4.78 is 1.05. The van der Waals surface area contributed by atoms with Gasteiger partial charge in [0.25, 0.3) is 0 Å². The van der Waals surface area contributed by atoms with Crippen molar-refractivity contribution in [3.8, 4) is 0 Å². The summed E-state index contributed by atoms with van der Waals surface area (Å²) in [6.45, 7) is 8.01. The van der Waals surface area contributed by atoms with Gasteiger partial charge in [0.2, 0.25) is 0 Å². The van der Waals surface area contributed by atoms with Gasteiger partial charge in [0.15, 0.2) is 0 Å². The van der Waals surface area contributed by atoms with E-state index in [9.17, 15) is 0 Å². The molecule has 106 valence electrons. The molecule has 0 aliphatic heterocycles. The largest absolute Gasteiger partial charge is 0.313 e. The summed E-state index contributed by atoms with van der Waals surface area (Å²) in [6.07, 6.45) is 4.50. The maximum absolute atomic E-state index is 4.51. The first-order valence-corrected chi connectivity index (χ1v) is 8.79. The quantitative estimate of drug-likeness (QED) is 0.880. The second-order valence-corrected chi connectivity index (χ2v) is 7.73. The summed E-state index contributed by atoms with van der Waals surface area (Å²) in [7, 11) is 0. The molecule has 4 unspecified atom stereocenters. The maximum atomic E-state index is 4.51. The highest BCUT2D eigenvalue weighted by atomic mass is 79.9. The van der Waals surface area contributed by atoms with Gasteiger partial charge in [-0.1, -0.05) is 20.8 Å². The molecule has 1 fully saturated rings. The molecule has 0 saturated heterocycles. The molecule has 0 aromatic carbocycles. The molecule has 2 rings (SSSR count). The van der Waals surface area contributed by atoms with E-state index in [-0.39, 0.29) is 0 Å². The van der Waals surface area contributed by atoms with Crippen molar-refractivity contribution in [1.82, 2.24) is 10.3 Å². The number of aromatic nitrogens is 1. The smallest absolute Gasteiger partial charge is 0.0964 e. The van der Waals surface area contributed by atoms with E-state index in [1.165, 1.54) is 12.8 Å². The van der Waals surface area contributed by atoms with Gasteiger partial charge < -0.3 is 5.32 Å². The molecule has 2 nitrogen and oxygen atoms in total. The summed E-state index contributed by atoms with van der Waals surface area (Å²) in [6, 6.07) is 4.80. The fourth-order valence-corrected chi connectivity index (χ4v) is 4.55. The van der Waals surface area contributed by atoms with E-state index in [1.54, 1.807) is 0 Å². The van der Waals surface area contributed by atoms with Crippen LogP contribution in [-0.2, 0) is 0 Å². The molecule has 1 aliphatic carbocycles. The monoisotopic (exact) mass is 342 g/mol. The Kier molecular flexibility index (Phi) is 5.72. The number of nitrogens with one attached hydrogen (secondary N) is 1. The highest BCUT2D eigenvalue weighted by molar-refractivity contribution is 9.10. The predicted octanol–water partition coefficient (Wildman–Crippen LogP) is 4.35. The summed E-state index contributed by atoms with van der Waals surface area (Å²) in [5.41, 5.74) is 0. The summed E-state index contributed by atoms with van der Waals surface area (Å²) in [5, 5.41) is 5.44. The average Bonchev–Trinajstić information content (AvgIpc) is 2.36. The van der Waals surface area contributed by atoms with E-state index in [2.05, 4.69) is 59.1 Å². The number of hydrogen-bond donors (Lipinski definition) is 1. The first-order chi connectivity index (χ1) is 9.10. The molecular formula is C15H23BrN2S. The Labute approximate surface area is 129 Å². The molecule has 1 aromatic heterocycles. The summed E-state index contributed by atoms with van der Waals surface area (Å²) in [5.74, 6) is 1.57. The standard InChI is InChI=1S/C15H23BrN2S/c1-4-17-13-8-10(2)7-11(3)15(13)19-14-6-5-12(16)9-18-14/h5-6,9-11,13,15,17H,4,7-8H2,1-3H3. The van der Waals surface area contributed by atoms with Gasteiger partial charge in [-0.2, -0.15) is 0 Å². The molecule has 4 heteroatoms. The highest BCUT2D eigenvalue weighted by Gasteiger charge is 2.34. The van der Waals surface area contributed by atoms with Crippen molar-refractivity contribution in [2.75, 3.05) is 6.54 Å². The van der Waals surface area contributed by atoms with Crippen molar-refractivity contribution in [1.29, 1.82) is 0 Å². The molecule has 0 spiro atoms. The topological polar surface area (TPSA) is 24.9 Å². The number of nitrogens with zero attached hydrogens (tertiary/aromatic N) is 1. The summed E-state index contributed by atoms with van der Waals surface area (Å²) >= 11 is 5.38. The van der Waals surface area contributed by atoms with Crippen molar-refractivity contribution in [3.63, 3.8) is 0 Å². The van der Waals surface area contributed by atoms with Crippen LogP contribution in [-0.4, -0.2) is 22.8 Å². The normalized spacial score (nSPS) is 31.4. The average molecular weight is 343 g/mol. The first kappa shape index (κ1) is 15.3. The SMILES string of the molecule is CCNC1CC(C)CC(C)C1Sc1ccc(Br)cn1. The van der Waals surface area contributed by atoms with Crippen molar-refractivity contribution < 1.29 is 0 Å². The third kappa shape index (κ3) is 4.20. The lowest BCUT2D eigenvalue weighted by atomic mass is 9.80. The van der Waals surface area contributed by atoms with Crippen LogP contribution in [0.4, 0.5) is 0 Å². The Morgan fingerprint density at radius 1 is 1.37 bits per heavy atom. The van der Waals surface area contributed by atoms with Crippen LogP contribution < -0.4 is 5.32 Å². The molecule has 19 heavy (non-hydrogen) atoms. The fourth-order valence-electron chi connectivity index (χ4n) is 3.06. The molecular weight excluding hydrogens is 320 g/mol. The number of thioether (sulfide) groups is 1. The molecule has 1 saturated carbocycles. The third-order valence-electron chi connectivity index (χ3n) is 3.81. The lowest BCUT2D eigenvalue weighted by molar-refractivity contribution is 0.251. The zero-order chi connectivity index (χ0) is 13.8. The van der Waals surface area contributed by atoms with Crippen molar-refractivity contribution in [2.24, 2.45) is 11.8 Å². The van der Waals surface area contributed by atoms with E-state index in [0.717, 1.165) is 27.9 Å². The Morgan fingerprint density at radius 2 is 2.16 bits per heavy atom. The Hall–Kier alpha value is -0.0600. The highest BCUT2D eigenvalue weighted by Crippen LogP contribution is 2.39. The van der Waals surface area contributed by atoms with Crippen LogP contribution in [0.1, 0.15) is 33.6 Å².